The monoisotopic (exact) mass is 213 g/mol. The van der Waals surface area contributed by atoms with E-state index >= 15 is 0 Å². The Morgan fingerprint density at radius 1 is 1.47 bits per heavy atom. The Morgan fingerprint density at radius 2 is 2.27 bits per heavy atom. The molecular formula is C10H19N3O2. The van der Waals surface area contributed by atoms with Crippen molar-refractivity contribution < 1.29 is 9.53 Å². The van der Waals surface area contributed by atoms with Gasteiger partial charge in [-0.2, -0.15) is 0 Å². The lowest BCUT2D eigenvalue weighted by atomic mass is 9.98. The summed E-state index contributed by atoms with van der Waals surface area (Å²) in [5.74, 6) is 0.163. The molecule has 0 aromatic heterocycles. The van der Waals surface area contributed by atoms with Crippen molar-refractivity contribution >= 4 is 5.78 Å². The lowest BCUT2D eigenvalue weighted by molar-refractivity contribution is -0.127. The zero-order valence-electron chi connectivity index (χ0n) is 9.16. The first-order valence-electron chi connectivity index (χ1n) is 5.52. The van der Waals surface area contributed by atoms with Gasteiger partial charge in [0.15, 0.2) is 5.78 Å². The summed E-state index contributed by atoms with van der Waals surface area (Å²) < 4.78 is 4.91. The molecule has 5 heteroatoms. The summed E-state index contributed by atoms with van der Waals surface area (Å²) in [5.41, 5.74) is 0. The highest BCUT2D eigenvalue weighted by atomic mass is 16.5. The molecule has 2 rings (SSSR count). The molecular weight excluding hydrogens is 194 g/mol. The van der Waals surface area contributed by atoms with Crippen LogP contribution in [0.5, 0.6) is 0 Å². The third-order valence-electron chi connectivity index (χ3n) is 3.18. The van der Waals surface area contributed by atoms with Crippen LogP contribution in [-0.4, -0.2) is 69.2 Å². The van der Waals surface area contributed by atoms with Crippen LogP contribution in [0.25, 0.3) is 0 Å². The number of fused-ring (bicyclic) bond motifs is 1. The van der Waals surface area contributed by atoms with Crippen LogP contribution in [0.1, 0.15) is 0 Å². The number of piperazine rings is 2. The maximum absolute atomic E-state index is 11.8. The number of Topliss-reactive ketones (excluding diaryl/α,β-unsaturated/α-hetero) is 1. The van der Waals surface area contributed by atoms with Gasteiger partial charge in [0.1, 0.15) is 6.61 Å². The highest BCUT2D eigenvalue weighted by Gasteiger charge is 2.36. The lowest BCUT2D eigenvalue weighted by Crippen LogP contribution is -2.67. The number of methoxy groups -OCH3 is 1. The number of rotatable bonds is 3. The van der Waals surface area contributed by atoms with Crippen molar-refractivity contribution in [3.05, 3.63) is 0 Å². The molecule has 0 spiro atoms. The van der Waals surface area contributed by atoms with Crippen LogP contribution < -0.4 is 10.6 Å². The van der Waals surface area contributed by atoms with Gasteiger partial charge in [-0.3, -0.25) is 9.69 Å². The molecule has 86 valence electrons. The molecule has 15 heavy (non-hydrogen) atoms. The van der Waals surface area contributed by atoms with Gasteiger partial charge < -0.3 is 15.4 Å². The molecule has 2 N–H and O–H groups in total. The standard InChI is InChI=1S/C10H19N3O2/c1-15-7-9(14)10-8-6-11-2-4-13(8)5-3-12-10/h8,10-12H,2-7H2,1H3. The zero-order chi connectivity index (χ0) is 10.7. The van der Waals surface area contributed by atoms with E-state index in [-0.39, 0.29) is 18.4 Å². The van der Waals surface area contributed by atoms with Gasteiger partial charge in [0.25, 0.3) is 0 Å². The molecule has 0 saturated carbocycles. The maximum atomic E-state index is 11.8. The van der Waals surface area contributed by atoms with Crippen LogP contribution in [0.15, 0.2) is 0 Å². The molecule has 0 aromatic carbocycles. The molecule has 0 aliphatic carbocycles. The Morgan fingerprint density at radius 3 is 3.07 bits per heavy atom. The number of hydrogen-bond donors (Lipinski definition) is 2. The van der Waals surface area contributed by atoms with Crippen molar-refractivity contribution in [1.82, 2.24) is 15.5 Å². The average molecular weight is 213 g/mol. The SMILES string of the molecule is COCC(=O)C1NCCN2CCNCC12. The number of nitrogens with zero attached hydrogens (tertiary/aromatic N) is 1. The minimum Gasteiger partial charge on any atom is -0.377 e. The molecule has 0 aromatic rings. The van der Waals surface area contributed by atoms with Crippen LogP contribution in [-0.2, 0) is 9.53 Å². The van der Waals surface area contributed by atoms with E-state index in [9.17, 15) is 4.79 Å². The highest BCUT2D eigenvalue weighted by Crippen LogP contribution is 2.12. The summed E-state index contributed by atoms with van der Waals surface area (Å²) in [6, 6.07) is 0.238. The minimum absolute atomic E-state index is 0.0634. The summed E-state index contributed by atoms with van der Waals surface area (Å²) in [6.45, 7) is 5.12. The minimum atomic E-state index is -0.0634. The third kappa shape index (κ3) is 2.36. The fourth-order valence-electron chi connectivity index (χ4n) is 2.43. The average Bonchev–Trinajstić information content (AvgIpc) is 2.28. The Bertz CT molecular complexity index is 233. The number of carbonyl (C=O) groups excluding carboxylic acids is 1. The van der Waals surface area contributed by atoms with Crippen molar-refractivity contribution in [1.29, 1.82) is 0 Å². The normalized spacial score (nSPS) is 32.3. The Balaban J connectivity index is 2.00. The lowest BCUT2D eigenvalue weighted by Gasteiger charge is -2.44. The molecule has 2 atom stereocenters. The fourth-order valence-corrected chi connectivity index (χ4v) is 2.43. The first-order chi connectivity index (χ1) is 7.33. The molecule has 2 fully saturated rings. The van der Waals surface area contributed by atoms with Crippen LogP contribution in [0.3, 0.4) is 0 Å². The summed E-state index contributed by atoms with van der Waals surface area (Å²) in [4.78, 5) is 14.2. The second-order valence-electron chi connectivity index (χ2n) is 4.14. The maximum Gasteiger partial charge on any atom is 0.176 e. The van der Waals surface area contributed by atoms with Gasteiger partial charge in [0.2, 0.25) is 0 Å². The van der Waals surface area contributed by atoms with E-state index in [1.807, 2.05) is 0 Å². The second kappa shape index (κ2) is 5.03. The molecule has 0 radical (unpaired) electrons. The summed E-state index contributed by atoms with van der Waals surface area (Å²) in [6.07, 6.45) is 0. The number of ether oxygens (including phenoxy) is 1. The second-order valence-corrected chi connectivity index (χ2v) is 4.14. The quantitative estimate of drug-likeness (QED) is 0.594. The van der Waals surface area contributed by atoms with E-state index in [0.717, 1.165) is 32.7 Å². The number of carbonyl (C=O) groups is 1. The number of hydrogen-bond acceptors (Lipinski definition) is 5. The summed E-state index contributed by atoms with van der Waals surface area (Å²) in [7, 11) is 1.57. The summed E-state index contributed by atoms with van der Waals surface area (Å²) >= 11 is 0. The molecule has 5 nitrogen and oxygen atoms in total. The van der Waals surface area contributed by atoms with Gasteiger partial charge >= 0.3 is 0 Å². The molecule has 2 aliphatic rings. The largest absolute Gasteiger partial charge is 0.377 e. The van der Waals surface area contributed by atoms with Gasteiger partial charge in [-0.1, -0.05) is 0 Å². The zero-order valence-corrected chi connectivity index (χ0v) is 9.16. The first-order valence-corrected chi connectivity index (χ1v) is 5.52. The Hall–Kier alpha value is -0.490. The van der Waals surface area contributed by atoms with E-state index in [0.29, 0.717) is 6.04 Å². The molecule has 2 saturated heterocycles. The van der Waals surface area contributed by atoms with E-state index in [1.54, 1.807) is 7.11 Å². The van der Waals surface area contributed by atoms with Crippen molar-refractivity contribution in [2.45, 2.75) is 12.1 Å². The van der Waals surface area contributed by atoms with Gasteiger partial charge in [0, 0.05) is 45.9 Å². The van der Waals surface area contributed by atoms with Gasteiger partial charge in [-0.15, -0.1) is 0 Å². The topological polar surface area (TPSA) is 53.6 Å². The Kier molecular flexibility index (Phi) is 3.69. The van der Waals surface area contributed by atoms with Gasteiger partial charge in [-0.25, -0.2) is 0 Å². The van der Waals surface area contributed by atoms with Crippen LogP contribution in [0.2, 0.25) is 0 Å². The van der Waals surface area contributed by atoms with E-state index in [4.69, 9.17) is 4.74 Å². The number of ketones is 1. The van der Waals surface area contributed by atoms with Crippen LogP contribution in [0, 0.1) is 0 Å². The third-order valence-corrected chi connectivity index (χ3v) is 3.18. The first kappa shape index (κ1) is 11.0. The smallest absolute Gasteiger partial charge is 0.176 e. The van der Waals surface area contributed by atoms with E-state index in [1.165, 1.54) is 0 Å². The molecule has 2 unspecified atom stereocenters. The molecule has 0 bridgehead atoms. The molecule has 2 heterocycles. The van der Waals surface area contributed by atoms with E-state index < -0.39 is 0 Å². The van der Waals surface area contributed by atoms with Gasteiger partial charge in [-0.05, 0) is 0 Å². The van der Waals surface area contributed by atoms with Crippen molar-refractivity contribution in [2.24, 2.45) is 0 Å². The highest BCUT2D eigenvalue weighted by molar-refractivity contribution is 5.86. The number of nitrogens with one attached hydrogen (secondary N) is 2. The van der Waals surface area contributed by atoms with Gasteiger partial charge in [0.05, 0.1) is 6.04 Å². The van der Waals surface area contributed by atoms with Crippen molar-refractivity contribution in [2.75, 3.05) is 46.4 Å². The predicted octanol–water partition coefficient (Wildman–Crippen LogP) is -1.55. The molecule has 2 aliphatic heterocycles. The predicted molar refractivity (Wildman–Crippen MR) is 56.9 cm³/mol. The van der Waals surface area contributed by atoms with Crippen LogP contribution in [0.4, 0.5) is 0 Å². The fraction of sp³-hybridized carbons (Fsp3) is 0.900. The van der Waals surface area contributed by atoms with Crippen molar-refractivity contribution in [3.63, 3.8) is 0 Å². The van der Waals surface area contributed by atoms with Crippen molar-refractivity contribution in [3.8, 4) is 0 Å². The Labute approximate surface area is 90.1 Å². The van der Waals surface area contributed by atoms with Crippen LogP contribution >= 0.6 is 0 Å². The molecule has 0 amide bonds. The van der Waals surface area contributed by atoms with E-state index in [2.05, 4.69) is 15.5 Å². The summed E-state index contributed by atoms with van der Waals surface area (Å²) in [5, 5.41) is 6.63.